The zero-order valence-electron chi connectivity index (χ0n) is 21.2. The third-order valence-electron chi connectivity index (χ3n) is 6.91. The molecule has 3 aromatic carbocycles. The van der Waals surface area contributed by atoms with Crippen molar-refractivity contribution in [2.24, 2.45) is 0 Å². The number of para-hydroxylation sites is 2. The molecule has 0 saturated carbocycles. The van der Waals surface area contributed by atoms with Gasteiger partial charge < -0.3 is 4.74 Å². The van der Waals surface area contributed by atoms with Crippen molar-refractivity contribution < 1.29 is 13.9 Å². The first kappa shape index (κ1) is 26.0. The summed E-state index contributed by atoms with van der Waals surface area (Å²) in [6.07, 6.45) is 2.14. The molecule has 1 unspecified atom stereocenters. The summed E-state index contributed by atoms with van der Waals surface area (Å²) >= 11 is 12.5. The van der Waals surface area contributed by atoms with E-state index in [4.69, 9.17) is 33.0 Å². The van der Waals surface area contributed by atoms with Crippen LogP contribution < -0.4 is 9.64 Å². The van der Waals surface area contributed by atoms with Gasteiger partial charge in [-0.3, -0.25) is 9.69 Å². The number of halogens is 3. The second-order valence-electron chi connectivity index (χ2n) is 9.45. The molecule has 1 aliphatic rings. The van der Waals surface area contributed by atoms with Crippen LogP contribution >= 0.6 is 23.2 Å². The second-order valence-corrected chi connectivity index (χ2v) is 10.3. The molecule has 0 N–H and O–H groups in total. The van der Waals surface area contributed by atoms with Crippen LogP contribution in [0.2, 0.25) is 10.0 Å². The molecule has 1 aromatic heterocycles. The average Bonchev–Trinajstić information content (AvgIpc) is 3.41. The number of rotatable bonds is 7. The van der Waals surface area contributed by atoms with E-state index in [0.717, 1.165) is 22.5 Å². The van der Waals surface area contributed by atoms with E-state index < -0.39 is 11.4 Å². The van der Waals surface area contributed by atoms with Gasteiger partial charge in [0, 0.05) is 16.3 Å². The Morgan fingerprint density at radius 2 is 1.82 bits per heavy atom. The highest BCUT2D eigenvalue weighted by Crippen LogP contribution is 2.52. The minimum absolute atomic E-state index is 0.0304. The number of aromatic nitrogens is 2. The first-order chi connectivity index (χ1) is 18.2. The summed E-state index contributed by atoms with van der Waals surface area (Å²) in [6, 6.07) is 19.2. The molecule has 1 amide bonds. The van der Waals surface area contributed by atoms with Gasteiger partial charge in [-0.15, -0.1) is 6.58 Å². The lowest BCUT2D eigenvalue weighted by atomic mass is 9.78. The molecule has 1 atom stereocenters. The standard InChI is InChI=1S/C30H26Cl2FN3O2/c1-5-16-30(19-10-12-20(31)13-11-19)26-27(29(37)35(30)21-14-15-23(33)22(32)17-21)34-36(28(26)18(2)3)24-8-6-7-9-25(24)38-4/h5-15,17-18H,1,16H2,2-4H3. The summed E-state index contributed by atoms with van der Waals surface area (Å²) in [7, 11) is 1.60. The SMILES string of the molecule is C=CCC1(c2ccc(Cl)cc2)c2c(nn(-c3ccccc3OC)c2C(C)C)C(=O)N1c1ccc(F)c(Cl)c1. The lowest BCUT2D eigenvalue weighted by Gasteiger charge is -2.40. The van der Waals surface area contributed by atoms with Crippen molar-refractivity contribution in [1.29, 1.82) is 0 Å². The predicted molar refractivity (Wildman–Crippen MR) is 149 cm³/mol. The van der Waals surface area contributed by atoms with Crippen LogP contribution in [-0.2, 0) is 5.54 Å². The van der Waals surface area contributed by atoms with E-state index in [0.29, 0.717) is 28.6 Å². The van der Waals surface area contributed by atoms with Crippen LogP contribution in [0.1, 0.15) is 53.5 Å². The molecule has 0 saturated heterocycles. The Morgan fingerprint density at radius 1 is 1.11 bits per heavy atom. The Bertz CT molecular complexity index is 1550. The summed E-state index contributed by atoms with van der Waals surface area (Å²) < 4.78 is 21.6. The number of benzene rings is 3. The molecule has 38 heavy (non-hydrogen) atoms. The van der Waals surface area contributed by atoms with Crippen LogP contribution in [0, 0.1) is 5.82 Å². The number of methoxy groups -OCH3 is 1. The van der Waals surface area contributed by atoms with Gasteiger partial charge in [-0.2, -0.15) is 5.10 Å². The molecule has 5 nitrogen and oxygen atoms in total. The molecule has 1 aliphatic heterocycles. The van der Waals surface area contributed by atoms with Crippen LogP contribution in [0.5, 0.6) is 5.75 Å². The molecular weight excluding hydrogens is 524 g/mol. The highest BCUT2D eigenvalue weighted by Gasteiger charge is 2.55. The van der Waals surface area contributed by atoms with Crippen molar-refractivity contribution in [2.75, 3.05) is 12.0 Å². The van der Waals surface area contributed by atoms with Crippen molar-refractivity contribution in [3.8, 4) is 11.4 Å². The van der Waals surface area contributed by atoms with E-state index in [1.165, 1.54) is 12.1 Å². The molecule has 0 spiro atoms. The highest BCUT2D eigenvalue weighted by atomic mass is 35.5. The lowest BCUT2D eigenvalue weighted by molar-refractivity contribution is 0.0977. The van der Waals surface area contributed by atoms with Gasteiger partial charge in [-0.05, 0) is 60.4 Å². The predicted octanol–water partition coefficient (Wildman–Crippen LogP) is 7.93. The molecule has 2 heterocycles. The van der Waals surface area contributed by atoms with Gasteiger partial charge in [0.25, 0.3) is 5.91 Å². The lowest BCUT2D eigenvalue weighted by Crippen LogP contribution is -2.46. The Morgan fingerprint density at radius 3 is 2.45 bits per heavy atom. The van der Waals surface area contributed by atoms with Gasteiger partial charge in [0.05, 0.1) is 17.8 Å². The number of carbonyl (C=O) groups excluding carboxylic acids is 1. The van der Waals surface area contributed by atoms with Crippen molar-refractivity contribution in [2.45, 2.75) is 31.7 Å². The zero-order valence-corrected chi connectivity index (χ0v) is 22.7. The maximum Gasteiger partial charge on any atom is 0.280 e. The summed E-state index contributed by atoms with van der Waals surface area (Å²) in [6.45, 7) is 8.16. The minimum atomic E-state index is -1.04. The maximum atomic E-state index is 14.3. The van der Waals surface area contributed by atoms with Gasteiger partial charge >= 0.3 is 0 Å². The monoisotopic (exact) mass is 549 g/mol. The number of hydrogen-bond acceptors (Lipinski definition) is 3. The molecule has 194 valence electrons. The van der Waals surface area contributed by atoms with Gasteiger partial charge in [-0.25, -0.2) is 9.07 Å². The van der Waals surface area contributed by atoms with Crippen molar-refractivity contribution in [3.05, 3.63) is 118 Å². The highest BCUT2D eigenvalue weighted by molar-refractivity contribution is 6.31. The number of hydrogen-bond donors (Lipinski definition) is 0. The second kappa shape index (κ2) is 9.93. The van der Waals surface area contributed by atoms with E-state index in [-0.39, 0.29) is 16.8 Å². The molecule has 0 radical (unpaired) electrons. The summed E-state index contributed by atoms with van der Waals surface area (Å²) in [5.41, 5.74) is 2.86. The molecule has 0 bridgehead atoms. The van der Waals surface area contributed by atoms with E-state index in [9.17, 15) is 9.18 Å². The molecule has 4 aromatic rings. The Labute approximate surface area is 231 Å². The van der Waals surface area contributed by atoms with Crippen LogP contribution in [0.3, 0.4) is 0 Å². The van der Waals surface area contributed by atoms with E-state index in [1.54, 1.807) is 41.0 Å². The van der Waals surface area contributed by atoms with Crippen LogP contribution in [-0.4, -0.2) is 22.8 Å². The fraction of sp³-hybridized carbons (Fsp3) is 0.200. The van der Waals surface area contributed by atoms with E-state index >= 15 is 0 Å². The normalized spacial score (nSPS) is 16.7. The van der Waals surface area contributed by atoms with Crippen LogP contribution in [0.4, 0.5) is 10.1 Å². The molecule has 8 heteroatoms. The number of amides is 1. The van der Waals surface area contributed by atoms with Gasteiger partial charge in [-0.1, -0.05) is 67.4 Å². The smallest absolute Gasteiger partial charge is 0.280 e. The first-order valence-corrected chi connectivity index (χ1v) is 12.9. The zero-order chi connectivity index (χ0) is 27.2. The number of nitrogens with zero attached hydrogens (tertiary/aromatic N) is 3. The van der Waals surface area contributed by atoms with Gasteiger partial charge in [0.2, 0.25) is 0 Å². The van der Waals surface area contributed by atoms with Crippen molar-refractivity contribution >= 4 is 34.8 Å². The third kappa shape index (κ3) is 3.91. The maximum absolute atomic E-state index is 14.3. The Kier molecular flexibility index (Phi) is 6.80. The fourth-order valence-corrected chi connectivity index (χ4v) is 5.68. The molecule has 0 aliphatic carbocycles. The summed E-state index contributed by atoms with van der Waals surface area (Å²) in [5.74, 6) is -0.289. The van der Waals surface area contributed by atoms with Crippen LogP contribution in [0.15, 0.2) is 79.4 Å². The molecule has 0 fully saturated rings. The number of carbonyl (C=O) groups is 1. The summed E-state index contributed by atoms with van der Waals surface area (Å²) in [5, 5.41) is 5.38. The van der Waals surface area contributed by atoms with Gasteiger partial charge in [0.1, 0.15) is 22.8 Å². The average molecular weight is 550 g/mol. The Balaban J connectivity index is 1.90. The van der Waals surface area contributed by atoms with Gasteiger partial charge in [0.15, 0.2) is 5.69 Å². The number of ether oxygens (including phenoxy) is 1. The first-order valence-electron chi connectivity index (χ1n) is 12.2. The number of fused-ring (bicyclic) bond motifs is 1. The fourth-order valence-electron chi connectivity index (χ4n) is 5.38. The topological polar surface area (TPSA) is 47.4 Å². The Hall–Kier alpha value is -3.61. The summed E-state index contributed by atoms with van der Waals surface area (Å²) in [4.78, 5) is 16.0. The van der Waals surface area contributed by atoms with Crippen LogP contribution in [0.25, 0.3) is 5.69 Å². The minimum Gasteiger partial charge on any atom is -0.494 e. The number of anilines is 1. The largest absolute Gasteiger partial charge is 0.494 e. The third-order valence-corrected chi connectivity index (χ3v) is 7.45. The van der Waals surface area contributed by atoms with Crippen molar-refractivity contribution in [3.63, 3.8) is 0 Å². The van der Waals surface area contributed by atoms with E-state index in [2.05, 4.69) is 20.4 Å². The quantitative estimate of drug-likeness (QED) is 0.220. The van der Waals surface area contributed by atoms with Crippen molar-refractivity contribution in [1.82, 2.24) is 9.78 Å². The van der Waals surface area contributed by atoms with E-state index in [1.807, 2.05) is 36.4 Å². The molecule has 5 rings (SSSR count). The molecular formula is C30H26Cl2FN3O2.